The van der Waals surface area contributed by atoms with Crippen molar-refractivity contribution in [2.24, 2.45) is 0 Å². The first-order valence-electron chi connectivity index (χ1n) is 8.39. The molecule has 1 aromatic heterocycles. The van der Waals surface area contributed by atoms with Crippen molar-refractivity contribution in [2.75, 3.05) is 12.4 Å². The Balaban J connectivity index is 1.81. The Labute approximate surface area is 160 Å². The molecule has 1 N–H and O–H groups in total. The van der Waals surface area contributed by atoms with Crippen LogP contribution in [0, 0.1) is 0 Å². The Kier molecular flexibility index (Phi) is 5.97. The van der Waals surface area contributed by atoms with Gasteiger partial charge in [0.25, 0.3) is 5.03 Å². The van der Waals surface area contributed by atoms with E-state index in [-0.39, 0.29) is 10.9 Å². The molecule has 0 fully saturated rings. The van der Waals surface area contributed by atoms with Crippen molar-refractivity contribution in [1.29, 1.82) is 0 Å². The van der Waals surface area contributed by atoms with Crippen molar-refractivity contribution < 1.29 is 23.8 Å². The molecular weight excluding hydrogens is 366 g/mol. The molecule has 1 unspecified atom stereocenters. The zero-order valence-corrected chi connectivity index (χ0v) is 15.7. The van der Waals surface area contributed by atoms with Crippen molar-refractivity contribution in [3.8, 4) is 17.4 Å². The Morgan fingerprint density at radius 3 is 2.67 bits per heavy atom. The fourth-order valence-electron chi connectivity index (χ4n) is 2.49. The number of benzene rings is 2. The van der Waals surface area contributed by atoms with Gasteiger partial charge in [0.1, 0.15) is 5.75 Å². The van der Waals surface area contributed by atoms with E-state index in [4.69, 9.17) is 9.26 Å². The number of anilines is 1. The molecule has 140 valence electrons. The molecule has 3 rings (SSSR count). The first-order chi connectivity index (χ1) is 13.1. The molecule has 27 heavy (non-hydrogen) atoms. The highest BCUT2D eigenvalue weighted by atomic mass is 32.2. The Bertz CT molecular complexity index is 914. The molecule has 0 aliphatic heterocycles. The third kappa shape index (κ3) is 4.22. The lowest BCUT2D eigenvalue weighted by molar-refractivity contribution is -0.705. The molecule has 0 bridgehead atoms. The van der Waals surface area contributed by atoms with Crippen molar-refractivity contribution >= 4 is 23.4 Å². The van der Waals surface area contributed by atoms with E-state index in [1.165, 1.54) is 4.68 Å². The van der Waals surface area contributed by atoms with Crippen LogP contribution in [0.25, 0.3) is 5.69 Å². The lowest BCUT2D eigenvalue weighted by atomic mass is 10.2. The van der Waals surface area contributed by atoms with Crippen molar-refractivity contribution in [2.45, 2.75) is 23.6 Å². The molecule has 3 aromatic rings. The first kappa shape index (κ1) is 18.8. The number of methoxy groups -OCH3 is 1. The lowest BCUT2D eigenvalue weighted by Crippen LogP contribution is -2.36. The predicted molar refractivity (Wildman–Crippen MR) is 99.0 cm³/mol. The first-order valence-corrected chi connectivity index (χ1v) is 9.27. The summed E-state index contributed by atoms with van der Waals surface area (Å²) in [5.74, 6) is -0.237. The highest BCUT2D eigenvalue weighted by Gasteiger charge is 2.28. The van der Waals surface area contributed by atoms with E-state index in [9.17, 15) is 9.90 Å². The van der Waals surface area contributed by atoms with Gasteiger partial charge in [-0.3, -0.25) is 4.79 Å². The smallest absolute Gasteiger partial charge is 0.298 e. The molecule has 0 spiro atoms. The number of nitrogens with one attached hydrogen (secondary N) is 1. The molecule has 1 amide bonds. The number of carbonyl (C=O) groups is 1. The predicted octanol–water partition coefficient (Wildman–Crippen LogP) is 2.54. The molecule has 0 saturated heterocycles. The third-order valence-corrected chi connectivity index (χ3v) is 5.25. The molecule has 8 heteroatoms. The minimum atomic E-state index is -0.576. The summed E-state index contributed by atoms with van der Waals surface area (Å²) in [6.45, 7) is 1.88. The van der Waals surface area contributed by atoms with Gasteiger partial charge in [-0.2, -0.15) is 0 Å². The Morgan fingerprint density at radius 1 is 1.26 bits per heavy atom. The van der Waals surface area contributed by atoms with Crippen LogP contribution in [0.4, 0.5) is 5.69 Å². The normalized spacial score (nSPS) is 11.8. The number of thioether (sulfide) groups is 1. The number of amides is 1. The van der Waals surface area contributed by atoms with Gasteiger partial charge in [-0.25, -0.2) is 0 Å². The summed E-state index contributed by atoms with van der Waals surface area (Å²) < 4.78 is 11.5. The minimum absolute atomic E-state index is 0.229. The molecule has 1 atom stereocenters. The quantitative estimate of drug-likeness (QED) is 0.496. The van der Waals surface area contributed by atoms with Gasteiger partial charge >= 0.3 is 0 Å². The maximum Gasteiger partial charge on any atom is 0.298 e. The molecule has 2 aromatic carbocycles. The number of nitrogens with zero attached hydrogens (tertiary/aromatic N) is 2. The van der Waals surface area contributed by atoms with Crippen molar-refractivity contribution in [3.05, 3.63) is 54.6 Å². The average Bonchev–Trinajstić information content (AvgIpc) is 3.07. The highest BCUT2D eigenvalue weighted by molar-refractivity contribution is 8.00. The summed E-state index contributed by atoms with van der Waals surface area (Å²) in [7, 11) is 1.54. The standard InChI is InChI=1S/C19H19N3O4S/c1-3-16(17(23)20-14-11-7-8-12-15(14)25-2)27-18-19(24)26-21-22(18)13-9-5-4-6-10-13/h4-12,16H,3H2,1-2H3,(H-,20,21,23,24). The van der Waals surface area contributed by atoms with Crippen LogP contribution in [0.5, 0.6) is 11.7 Å². The monoisotopic (exact) mass is 385 g/mol. The average molecular weight is 385 g/mol. The molecule has 0 aliphatic rings. The summed E-state index contributed by atoms with van der Waals surface area (Å²) in [5.41, 5.74) is 1.26. The van der Waals surface area contributed by atoms with Crippen LogP contribution in [0.1, 0.15) is 13.3 Å². The van der Waals surface area contributed by atoms with Crippen LogP contribution in [-0.4, -0.2) is 23.5 Å². The zero-order valence-electron chi connectivity index (χ0n) is 14.9. The summed E-state index contributed by atoms with van der Waals surface area (Å²) in [6, 6.07) is 16.3. The summed E-state index contributed by atoms with van der Waals surface area (Å²) in [4.78, 5) is 12.7. The van der Waals surface area contributed by atoms with E-state index in [0.717, 1.165) is 11.8 Å². The van der Waals surface area contributed by atoms with Gasteiger partial charge in [0.15, 0.2) is 5.95 Å². The zero-order chi connectivity index (χ0) is 19.2. The fourth-order valence-corrected chi connectivity index (χ4v) is 3.46. The maximum absolute atomic E-state index is 12.7. The molecule has 7 nitrogen and oxygen atoms in total. The third-order valence-electron chi connectivity index (χ3n) is 3.86. The Hall–Kier alpha value is -3.00. The minimum Gasteiger partial charge on any atom is -0.538 e. The van der Waals surface area contributed by atoms with Gasteiger partial charge in [0, 0.05) is 12.1 Å². The summed E-state index contributed by atoms with van der Waals surface area (Å²) in [5, 5.41) is 18.5. The van der Waals surface area contributed by atoms with Crippen LogP contribution in [0.2, 0.25) is 0 Å². The van der Waals surface area contributed by atoms with Crippen molar-refractivity contribution in [1.82, 2.24) is 5.27 Å². The lowest BCUT2D eigenvalue weighted by Gasteiger charge is -2.14. The molecule has 0 saturated carbocycles. The van der Waals surface area contributed by atoms with E-state index >= 15 is 0 Å². The van der Waals surface area contributed by atoms with Crippen LogP contribution in [0.15, 0.2) is 64.1 Å². The second-order valence-corrected chi connectivity index (χ2v) is 6.81. The van der Waals surface area contributed by atoms with E-state index in [1.54, 1.807) is 19.2 Å². The number of hydrogen-bond acceptors (Lipinski definition) is 6. The van der Waals surface area contributed by atoms with Crippen LogP contribution in [-0.2, 0) is 4.79 Å². The van der Waals surface area contributed by atoms with Crippen LogP contribution in [0.3, 0.4) is 0 Å². The summed E-state index contributed by atoms with van der Waals surface area (Å²) in [6.07, 6.45) is 0.519. The SMILES string of the molecule is CCC(Sc1c([O-])on[n+]1-c1ccccc1)C(=O)Nc1ccccc1OC. The number of ether oxygens (including phenoxy) is 1. The van der Waals surface area contributed by atoms with Gasteiger partial charge in [-0.15, -0.1) is 0 Å². The number of rotatable bonds is 7. The highest BCUT2D eigenvalue weighted by Crippen LogP contribution is 2.31. The number of para-hydroxylation sites is 3. The van der Waals surface area contributed by atoms with Crippen LogP contribution >= 0.6 is 11.8 Å². The van der Waals surface area contributed by atoms with E-state index in [0.29, 0.717) is 23.5 Å². The van der Waals surface area contributed by atoms with Gasteiger partial charge in [0.2, 0.25) is 11.6 Å². The molecule has 0 aliphatic carbocycles. The van der Waals surface area contributed by atoms with E-state index in [1.807, 2.05) is 49.4 Å². The van der Waals surface area contributed by atoms with E-state index in [2.05, 4.69) is 10.6 Å². The second kappa shape index (κ2) is 8.59. The largest absolute Gasteiger partial charge is 0.538 e. The van der Waals surface area contributed by atoms with Crippen LogP contribution < -0.4 is 19.8 Å². The van der Waals surface area contributed by atoms with Crippen molar-refractivity contribution in [3.63, 3.8) is 0 Å². The number of aromatic nitrogens is 2. The van der Waals surface area contributed by atoms with Gasteiger partial charge in [0.05, 0.1) is 23.3 Å². The second-order valence-electron chi connectivity index (χ2n) is 5.62. The van der Waals surface area contributed by atoms with Gasteiger partial charge < -0.3 is 19.7 Å². The topological polar surface area (TPSA) is 91.3 Å². The number of carbonyl (C=O) groups excluding carboxylic acids is 1. The van der Waals surface area contributed by atoms with E-state index < -0.39 is 11.2 Å². The molecule has 0 radical (unpaired) electrons. The molecule has 1 heterocycles. The van der Waals surface area contributed by atoms with Gasteiger partial charge in [-0.05, 0) is 35.0 Å². The number of hydrogen-bond donors (Lipinski definition) is 1. The summed E-state index contributed by atoms with van der Waals surface area (Å²) >= 11 is 1.13. The van der Waals surface area contributed by atoms with Gasteiger partial charge in [-0.1, -0.05) is 37.3 Å². The maximum atomic E-state index is 12.7. The fraction of sp³-hybridized carbons (Fsp3) is 0.211. The molecular formula is C19H19N3O4S. The Morgan fingerprint density at radius 2 is 1.96 bits per heavy atom.